The Morgan fingerprint density at radius 3 is 2.54 bits per heavy atom. The van der Waals surface area contributed by atoms with E-state index in [1.807, 2.05) is 42.1 Å². The van der Waals surface area contributed by atoms with Crippen molar-refractivity contribution in [3.63, 3.8) is 0 Å². The maximum atomic E-state index is 10.9. The molecular weight excluding hydrogens is 436 g/mol. The molecule has 0 unspecified atom stereocenters. The fraction of sp³-hybridized carbons (Fsp3) is 0.174. The second-order valence-electron chi connectivity index (χ2n) is 6.36. The van der Waals surface area contributed by atoms with Crippen molar-refractivity contribution in [1.29, 1.82) is 0 Å². The van der Waals surface area contributed by atoms with E-state index in [2.05, 4.69) is 46.3 Å². The van der Waals surface area contributed by atoms with E-state index in [1.54, 1.807) is 12.1 Å². The van der Waals surface area contributed by atoms with Crippen molar-refractivity contribution in [1.82, 2.24) is 0 Å². The summed E-state index contributed by atoms with van der Waals surface area (Å²) in [5.74, 6) is 2.47. The van der Waals surface area contributed by atoms with Gasteiger partial charge in [0.15, 0.2) is 0 Å². The van der Waals surface area contributed by atoms with E-state index in [-0.39, 0.29) is 6.42 Å². The molecule has 0 saturated heterocycles. The lowest BCUT2D eigenvalue weighted by Gasteiger charge is -2.12. The summed E-state index contributed by atoms with van der Waals surface area (Å²) in [5, 5.41) is 8.98. The maximum Gasteiger partial charge on any atom is 0.307 e. The summed E-state index contributed by atoms with van der Waals surface area (Å²) in [7, 11) is 0. The first-order valence-electron chi connectivity index (χ1n) is 8.99. The number of carbonyl (C=O) groups is 1. The number of ether oxygens (including phenoxy) is 1. The summed E-state index contributed by atoms with van der Waals surface area (Å²) >= 11 is 5.40. The molecular formula is C23H21BrO3S. The van der Waals surface area contributed by atoms with Gasteiger partial charge in [-0.1, -0.05) is 58.4 Å². The van der Waals surface area contributed by atoms with E-state index >= 15 is 0 Å². The van der Waals surface area contributed by atoms with Crippen LogP contribution in [0.3, 0.4) is 0 Å². The molecule has 3 aromatic carbocycles. The van der Waals surface area contributed by atoms with Crippen molar-refractivity contribution >= 4 is 33.7 Å². The van der Waals surface area contributed by atoms with Crippen LogP contribution in [0.25, 0.3) is 0 Å². The Labute approximate surface area is 177 Å². The zero-order valence-electron chi connectivity index (χ0n) is 15.3. The van der Waals surface area contributed by atoms with Gasteiger partial charge in [0.05, 0.1) is 6.42 Å². The molecule has 1 N–H and O–H groups in total. The predicted molar refractivity (Wildman–Crippen MR) is 118 cm³/mol. The minimum Gasteiger partial charge on any atom is -0.481 e. The van der Waals surface area contributed by atoms with Crippen LogP contribution >= 0.6 is 27.7 Å². The normalized spacial score (nSPS) is 10.6. The van der Waals surface area contributed by atoms with Gasteiger partial charge in [0.25, 0.3) is 0 Å². The molecule has 5 heteroatoms. The lowest BCUT2D eigenvalue weighted by atomic mass is 10.1. The number of carboxylic acids is 1. The summed E-state index contributed by atoms with van der Waals surface area (Å²) in [6, 6.07) is 23.7. The van der Waals surface area contributed by atoms with Gasteiger partial charge in [-0.05, 0) is 53.6 Å². The van der Waals surface area contributed by atoms with Gasteiger partial charge in [-0.15, -0.1) is 0 Å². The molecule has 0 radical (unpaired) electrons. The first-order chi connectivity index (χ1) is 13.6. The average molecular weight is 457 g/mol. The molecule has 0 aliphatic heterocycles. The van der Waals surface area contributed by atoms with Crippen LogP contribution in [-0.2, 0) is 23.4 Å². The van der Waals surface area contributed by atoms with Gasteiger partial charge in [0.2, 0.25) is 0 Å². The topological polar surface area (TPSA) is 46.5 Å². The van der Waals surface area contributed by atoms with Gasteiger partial charge in [-0.3, -0.25) is 4.79 Å². The Bertz CT molecular complexity index is 928. The molecule has 0 aromatic heterocycles. The molecule has 0 fully saturated rings. The summed E-state index contributed by atoms with van der Waals surface area (Å²) in [4.78, 5) is 10.9. The third kappa shape index (κ3) is 6.43. The van der Waals surface area contributed by atoms with Crippen molar-refractivity contribution in [2.45, 2.75) is 18.6 Å². The predicted octanol–water partition coefficient (Wildman–Crippen LogP) is 6.34. The molecule has 28 heavy (non-hydrogen) atoms. The number of thioether (sulfide) groups is 1. The van der Waals surface area contributed by atoms with Crippen molar-refractivity contribution < 1.29 is 14.6 Å². The summed E-state index contributed by atoms with van der Waals surface area (Å²) < 4.78 is 7.09. The third-order valence-corrected chi connectivity index (χ3v) is 5.64. The smallest absolute Gasteiger partial charge is 0.307 e. The quantitative estimate of drug-likeness (QED) is 0.381. The number of halogens is 1. The fourth-order valence-corrected chi connectivity index (χ4v) is 4.18. The fourth-order valence-electron chi connectivity index (χ4n) is 2.80. The molecule has 0 spiro atoms. The molecule has 3 aromatic rings. The number of aliphatic carboxylic acids is 1. The number of hydrogen-bond donors (Lipinski definition) is 1. The molecule has 3 rings (SSSR count). The lowest BCUT2D eigenvalue weighted by Crippen LogP contribution is -2.00. The SMILES string of the molecule is O=C(O)Cc1cccc(Oc2ccc(Br)cc2CSCCc2ccccc2)c1. The number of hydrogen-bond acceptors (Lipinski definition) is 3. The van der Waals surface area contributed by atoms with Crippen molar-refractivity contribution in [2.75, 3.05) is 5.75 Å². The number of rotatable bonds is 9. The van der Waals surface area contributed by atoms with E-state index < -0.39 is 5.97 Å². The highest BCUT2D eigenvalue weighted by Gasteiger charge is 2.08. The maximum absolute atomic E-state index is 10.9. The average Bonchev–Trinajstić information content (AvgIpc) is 2.68. The van der Waals surface area contributed by atoms with Crippen LogP contribution in [0.4, 0.5) is 0 Å². The van der Waals surface area contributed by atoms with Crippen LogP contribution in [0.1, 0.15) is 16.7 Å². The van der Waals surface area contributed by atoms with Crippen LogP contribution in [0.5, 0.6) is 11.5 Å². The van der Waals surface area contributed by atoms with Crippen molar-refractivity contribution in [3.05, 3.63) is 94.0 Å². The first-order valence-corrected chi connectivity index (χ1v) is 10.9. The van der Waals surface area contributed by atoms with E-state index in [0.717, 1.165) is 39.3 Å². The minimum absolute atomic E-state index is 0.0142. The van der Waals surface area contributed by atoms with Crippen molar-refractivity contribution in [2.24, 2.45) is 0 Å². The number of benzene rings is 3. The second-order valence-corrected chi connectivity index (χ2v) is 8.38. The minimum atomic E-state index is -0.851. The monoisotopic (exact) mass is 456 g/mol. The van der Waals surface area contributed by atoms with Crippen LogP contribution < -0.4 is 4.74 Å². The van der Waals surface area contributed by atoms with E-state index in [1.165, 1.54) is 5.56 Å². The van der Waals surface area contributed by atoms with Gasteiger partial charge < -0.3 is 9.84 Å². The van der Waals surface area contributed by atoms with E-state index in [9.17, 15) is 4.79 Å². The summed E-state index contributed by atoms with van der Waals surface area (Å²) in [5.41, 5.74) is 3.17. The van der Waals surface area contributed by atoms with Gasteiger partial charge in [-0.2, -0.15) is 11.8 Å². The number of aryl methyl sites for hydroxylation is 1. The van der Waals surface area contributed by atoms with Crippen LogP contribution in [0.2, 0.25) is 0 Å². The highest BCUT2D eigenvalue weighted by atomic mass is 79.9. The van der Waals surface area contributed by atoms with Crippen molar-refractivity contribution in [3.8, 4) is 11.5 Å². The first kappa shape index (κ1) is 20.5. The van der Waals surface area contributed by atoms with Crippen LogP contribution in [0.15, 0.2) is 77.3 Å². The summed E-state index contributed by atoms with van der Waals surface area (Å²) in [6.07, 6.45) is 1.02. The standard InChI is InChI=1S/C23H21BrO3S/c24-20-9-10-22(27-21-8-4-7-18(13-21)14-23(25)26)19(15-20)16-28-12-11-17-5-2-1-3-6-17/h1-10,13,15H,11-12,14,16H2,(H,25,26). The zero-order chi connectivity index (χ0) is 19.8. The molecule has 0 amide bonds. The van der Waals surface area contributed by atoms with Gasteiger partial charge in [0, 0.05) is 15.8 Å². The van der Waals surface area contributed by atoms with Gasteiger partial charge in [0.1, 0.15) is 11.5 Å². The van der Waals surface area contributed by atoms with E-state index in [4.69, 9.17) is 9.84 Å². The Morgan fingerprint density at radius 2 is 1.75 bits per heavy atom. The van der Waals surface area contributed by atoms with Crippen LogP contribution in [-0.4, -0.2) is 16.8 Å². The van der Waals surface area contributed by atoms with E-state index in [0.29, 0.717) is 5.75 Å². The molecule has 0 bridgehead atoms. The Balaban J connectivity index is 1.64. The molecule has 0 saturated carbocycles. The molecule has 0 aliphatic rings. The summed E-state index contributed by atoms with van der Waals surface area (Å²) in [6.45, 7) is 0. The van der Waals surface area contributed by atoms with Gasteiger partial charge >= 0.3 is 5.97 Å². The molecule has 0 heterocycles. The highest BCUT2D eigenvalue weighted by molar-refractivity contribution is 9.10. The third-order valence-electron chi connectivity index (χ3n) is 4.14. The van der Waals surface area contributed by atoms with Crippen LogP contribution in [0, 0.1) is 0 Å². The lowest BCUT2D eigenvalue weighted by molar-refractivity contribution is -0.136. The van der Waals surface area contributed by atoms with Gasteiger partial charge in [-0.25, -0.2) is 0 Å². The molecule has 3 nitrogen and oxygen atoms in total. The molecule has 144 valence electrons. The second kappa shape index (κ2) is 10.3. The zero-order valence-corrected chi connectivity index (χ0v) is 17.7. The Kier molecular flexibility index (Phi) is 7.57. The highest BCUT2D eigenvalue weighted by Crippen LogP contribution is 2.31. The number of carboxylic acid groups (broad SMARTS) is 1. The Morgan fingerprint density at radius 1 is 0.964 bits per heavy atom. The largest absolute Gasteiger partial charge is 0.481 e. The Hall–Kier alpha value is -2.24. The molecule has 0 aliphatic carbocycles. The molecule has 0 atom stereocenters.